The molecule has 1 aromatic carbocycles. The minimum atomic E-state index is -3.65. The monoisotopic (exact) mass is 444 g/mol. The van der Waals surface area contributed by atoms with E-state index in [9.17, 15) is 13.2 Å². The number of nitrogens with zero attached hydrogens (tertiary/aromatic N) is 4. The highest BCUT2D eigenvalue weighted by Crippen LogP contribution is 2.32. The van der Waals surface area contributed by atoms with Gasteiger partial charge in [-0.25, -0.2) is 18.4 Å². The number of piperazine rings is 1. The quantitative estimate of drug-likeness (QED) is 0.724. The summed E-state index contributed by atoms with van der Waals surface area (Å²) in [4.78, 5) is 23.7. The lowest BCUT2D eigenvalue weighted by atomic mass is 9.95. The van der Waals surface area contributed by atoms with E-state index in [-0.39, 0.29) is 19.0 Å². The third-order valence-electron chi connectivity index (χ3n) is 6.61. The Morgan fingerprint density at radius 3 is 1.94 bits per heavy atom. The Kier molecular flexibility index (Phi) is 6.53. The highest BCUT2D eigenvalue weighted by Gasteiger charge is 2.34. The van der Waals surface area contributed by atoms with Crippen molar-refractivity contribution >= 4 is 15.9 Å². The maximum absolute atomic E-state index is 13.5. The number of rotatable bonds is 4. The first kappa shape index (κ1) is 23.3. The number of sulfonamides is 1. The van der Waals surface area contributed by atoms with E-state index in [1.165, 1.54) is 4.31 Å². The van der Waals surface area contributed by atoms with E-state index in [0.29, 0.717) is 35.8 Å². The van der Waals surface area contributed by atoms with Gasteiger partial charge in [0, 0.05) is 32.4 Å². The lowest BCUT2D eigenvalue weighted by Crippen LogP contribution is -2.50. The van der Waals surface area contributed by atoms with E-state index in [1.807, 2.05) is 41.5 Å². The van der Waals surface area contributed by atoms with Gasteiger partial charge in [-0.3, -0.25) is 4.79 Å². The van der Waals surface area contributed by atoms with Gasteiger partial charge < -0.3 is 4.90 Å². The van der Waals surface area contributed by atoms with Gasteiger partial charge in [0.25, 0.3) is 5.91 Å². The van der Waals surface area contributed by atoms with Crippen LogP contribution < -0.4 is 0 Å². The standard InChI is InChI=1S/C23H32N4O3S/c1-8-21-20(13-24-19(7)25-21)23(28)26-9-11-27(12-10-26)31(29,30)22-17(5)15(3)14(2)16(4)18(22)6/h13H,8-12H2,1-7H3. The Balaban J connectivity index is 1.84. The van der Waals surface area contributed by atoms with Gasteiger partial charge in [-0.15, -0.1) is 0 Å². The van der Waals surface area contributed by atoms with Gasteiger partial charge in [-0.05, 0) is 75.8 Å². The van der Waals surface area contributed by atoms with Crippen LogP contribution in [-0.2, 0) is 16.4 Å². The summed E-state index contributed by atoms with van der Waals surface area (Å²) >= 11 is 0. The number of aryl methyl sites for hydroxylation is 2. The van der Waals surface area contributed by atoms with Crippen molar-refractivity contribution in [2.75, 3.05) is 26.2 Å². The van der Waals surface area contributed by atoms with Crippen molar-refractivity contribution in [3.8, 4) is 0 Å². The van der Waals surface area contributed by atoms with E-state index in [4.69, 9.17) is 0 Å². The molecule has 1 aliphatic rings. The number of hydrogen-bond donors (Lipinski definition) is 0. The van der Waals surface area contributed by atoms with Crippen LogP contribution in [0.4, 0.5) is 0 Å². The van der Waals surface area contributed by atoms with Crippen LogP contribution in [0.2, 0.25) is 0 Å². The SMILES string of the molecule is CCc1nc(C)ncc1C(=O)N1CCN(S(=O)(=O)c2c(C)c(C)c(C)c(C)c2C)CC1. The molecule has 0 N–H and O–H groups in total. The summed E-state index contributed by atoms with van der Waals surface area (Å²) in [6.07, 6.45) is 2.22. The van der Waals surface area contributed by atoms with Gasteiger partial charge in [-0.2, -0.15) is 4.31 Å². The van der Waals surface area contributed by atoms with Crippen LogP contribution in [0.3, 0.4) is 0 Å². The van der Waals surface area contributed by atoms with E-state index in [2.05, 4.69) is 9.97 Å². The van der Waals surface area contributed by atoms with E-state index >= 15 is 0 Å². The van der Waals surface area contributed by atoms with Crippen molar-refractivity contribution in [1.82, 2.24) is 19.2 Å². The molecule has 1 aliphatic heterocycles. The minimum absolute atomic E-state index is 0.136. The number of amides is 1. The Bertz CT molecular complexity index is 1100. The molecular formula is C23H32N4O3S. The van der Waals surface area contributed by atoms with Crippen LogP contribution in [0.15, 0.2) is 11.1 Å². The summed E-state index contributed by atoms with van der Waals surface area (Å²) in [6.45, 7) is 14.7. The average Bonchev–Trinajstić information content (AvgIpc) is 2.75. The van der Waals surface area contributed by atoms with Gasteiger partial charge >= 0.3 is 0 Å². The Hall–Kier alpha value is -2.32. The first-order valence-corrected chi connectivity index (χ1v) is 12.1. The van der Waals surface area contributed by atoms with Crippen LogP contribution in [0.5, 0.6) is 0 Å². The maximum Gasteiger partial charge on any atom is 0.257 e. The molecule has 0 unspecified atom stereocenters. The second-order valence-corrected chi connectivity index (χ2v) is 10.2. The predicted octanol–water partition coefficient (Wildman–Crippen LogP) is 3.04. The van der Waals surface area contributed by atoms with Gasteiger partial charge in [0.2, 0.25) is 10.0 Å². The van der Waals surface area contributed by atoms with Gasteiger partial charge in [0.15, 0.2) is 0 Å². The van der Waals surface area contributed by atoms with Crippen molar-refractivity contribution in [2.45, 2.75) is 59.8 Å². The number of carbonyl (C=O) groups excluding carboxylic acids is 1. The van der Waals surface area contributed by atoms with Crippen LogP contribution in [0.25, 0.3) is 0 Å². The minimum Gasteiger partial charge on any atom is -0.336 e. The first-order chi connectivity index (χ1) is 14.5. The summed E-state index contributed by atoms with van der Waals surface area (Å²) in [5, 5.41) is 0. The molecule has 1 amide bonds. The molecule has 0 spiro atoms. The molecule has 168 valence electrons. The molecule has 31 heavy (non-hydrogen) atoms. The van der Waals surface area contributed by atoms with Gasteiger partial charge in [0.1, 0.15) is 5.82 Å². The Labute approximate surface area is 185 Å². The summed E-state index contributed by atoms with van der Waals surface area (Å²) in [7, 11) is -3.65. The summed E-state index contributed by atoms with van der Waals surface area (Å²) in [6, 6.07) is 0. The van der Waals surface area contributed by atoms with Crippen LogP contribution in [-0.4, -0.2) is 59.7 Å². The molecule has 1 saturated heterocycles. The lowest BCUT2D eigenvalue weighted by molar-refractivity contribution is 0.0695. The molecule has 0 bridgehead atoms. The highest BCUT2D eigenvalue weighted by atomic mass is 32.2. The molecule has 3 rings (SSSR count). The summed E-state index contributed by atoms with van der Waals surface area (Å²) < 4.78 is 28.6. The second kappa shape index (κ2) is 8.67. The molecular weight excluding hydrogens is 412 g/mol. The van der Waals surface area contributed by atoms with Crippen molar-refractivity contribution in [3.05, 3.63) is 51.1 Å². The largest absolute Gasteiger partial charge is 0.336 e. The molecule has 2 heterocycles. The van der Waals surface area contributed by atoms with Crippen molar-refractivity contribution in [2.24, 2.45) is 0 Å². The number of carbonyl (C=O) groups is 1. The molecule has 0 radical (unpaired) electrons. The fourth-order valence-electron chi connectivity index (χ4n) is 4.25. The molecule has 0 aliphatic carbocycles. The zero-order chi connectivity index (χ0) is 23.1. The van der Waals surface area contributed by atoms with E-state index in [0.717, 1.165) is 33.5 Å². The molecule has 2 aromatic rings. The Morgan fingerprint density at radius 2 is 1.42 bits per heavy atom. The van der Waals surface area contributed by atoms with Crippen LogP contribution in [0, 0.1) is 41.5 Å². The van der Waals surface area contributed by atoms with Gasteiger partial charge in [0.05, 0.1) is 16.2 Å². The van der Waals surface area contributed by atoms with E-state index in [1.54, 1.807) is 18.0 Å². The molecule has 0 atom stereocenters. The fourth-order valence-corrected chi connectivity index (χ4v) is 6.23. The van der Waals surface area contributed by atoms with Crippen LogP contribution >= 0.6 is 0 Å². The third-order valence-corrected chi connectivity index (χ3v) is 8.78. The fraction of sp³-hybridized carbons (Fsp3) is 0.522. The normalized spacial score (nSPS) is 15.4. The summed E-state index contributed by atoms with van der Waals surface area (Å²) in [5.41, 5.74) is 6.01. The number of benzene rings is 1. The van der Waals surface area contributed by atoms with Crippen LogP contribution in [0.1, 0.15) is 56.6 Å². The smallest absolute Gasteiger partial charge is 0.257 e. The van der Waals surface area contributed by atoms with Crippen molar-refractivity contribution < 1.29 is 13.2 Å². The zero-order valence-electron chi connectivity index (χ0n) is 19.5. The van der Waals surface area contributed by atoms with E-state index < -0.39 is 10.0 Å². The van der Waals surface area contributed by atoms with Crippen molar-refractivity contribution in [3.63, 3.8) is 0 Å². The number of aromatic nitrogens is 2. The predicted molar refractivity (Wildman–Crippen MR) is 121 cm³/mol. The highest BCUT2D eigenvalue weighted by molar-refractivity contribution is 7.89. The van der Waals surface area contributed by atoms with Gasteiger partial charge in [-0.1, -0.05) is 6.92 Å². The molecule has 0 saturated carbocycles. The molecule has 1 aromatic heterocycles. The maximum atomic E-state index is 13.5. The zero-order valence-corrected chi connectivity index (χ0v) is 20.4. The molecule has 7 nitrogen and oxygen atoms in total. The Morgan fingerprint density at radius 1 is 0.903 bits per heavy atom. The lowest BCUT2D eigenvalue weighted by Gasteiger charge is -2.35. The topological polar surface area (TPSA) is 83.5 Å². The number of hydrogen-bond acceptors (Lipinski definition) is 5. The van der Waals surface area contributed by atoms with Crippen molar-refractivity contribution in [1.29, 1.82) is 0 Å². The second-order valence-electron chi connectivity index (χ2n) is 8.28. The average molecular weight is 445 g/mol. The summed E-state index contributed by atoms with van der Waals surface area (Å²) in [5.74, 6) is 0.502. The third kappa shape index (κ3) is 4.11. The first-order valence-electron chi connectivity index (χ1n) is 10.7. The molecule has 8 heteroatoms. The molecule has 1 fully saturated rings.